The van der Waals surface area contributed by atoms with Crippen molar-refractivity contribution in [1.82, 2.24) is 34.9 Å². The molecule has 3 heterocycles. The summed E-state index contributed by atoms with van der Waals surface area (Å²) in [6.07, 6.45) is 1.16. The number of H-pyrrole nitrogens is 1. The van der Waals surface area contributed by atoms with Gasteiger partial charge in [-0.1, -0.05) is 44.2 Å². The van der Waals surface area contributed by atoms with Crippen LogP contribution in [-0.4, -0.2) is 73.4 Å². The number of nitrogens with one attached hydrogen (secondary N) is 2. The maximum Gasteiger partial charge on any atom is 0.261 e. The minimum Gasteiger partial charge on any atom is -0.344 e. The van der Waals surface area contributed by atoms with Crippen molar-refractivity contribution in [3.63, 3.8) is 0 Å². The van der Waals surface area contributed by atoms with E-state index >= 15 is 0 Å². The van der Waals surface area contributed by atoms with Crippen LogP contribution < -0.4 is 10.9 Å². The average molecular weight is 562 g/mol. The molecule has 4 rings (SSSR count). The van der Waals surface area contributed by atoms with Gasteiger partial charge in [-0.15, -0.1) is 0 Å². The molecule has 1 aliphatic heterocycles. The van der Waals surface area contributed by atoms with E-state index in [4.69, 9.17) is 0 Å². The van der Waals surface area contributed by atoms with E-state index < -0.39 is 23.6 Å². The van der Waals surface area contributed by atoms with Crippen LogP contribution >= 0.6 is 0 Å². The Morgan fingerprint density at radius 2 is 1.78 bits per heavy atom. The number of fused-ring (bicyclic) bond motifs is 1. The maximum atomic E-state index is 13.7. The molecular formula is C30H39N7O4. The van der Waals surface area contributed by atoms with E-state index in [1.807, 2.05) is 30.3 Å². The second-order valence-corrected chi connectivity index (χ2v) is 11.0. The van der Waals surface area contributed by atoms with E-state index in [0.717, 1.165) is 5.56 Å². The number of likely N-dealkylation sites (N-methyl/N-ethyl adjacent to an activating group) is 1. The predicted molar refractivity (Wildman–Crippen MR) is 155 cm³/mol. The molecule has 218 valence electrons. The summed E-state index contributed by atoms with van der Waals surface area (Å²) in [5.41, 5.74) is 1.02. The van der Waals surface area contributed by atoms with Gasteiger partial charge < -0.3 is 20.1 Å². The highest BCUT2D eigenvalue weighted by Gasteiger charge is 2.29. The lowest BCUT2D eigenvalue weighted by Crippen LogP contribution is -2.48. The van der Waals surface area contributed by atoms with Crippen molar-refractivity contribution >= 4 is 17.7 Å². The molecule has 0 bridgehead atoms. The fraction of sp³-hybridized carbons (Fsp3) is 0.467. The molecule has 1 aliphatic rings. The molecule has 1 aromatic carbocycles. The fourth-order valence-electron chi connectivity index (χ4n) is 5.00. The summed E-state index contributed by atoms with van der Waals surface area (Å²) in [5, 5.41) is 7.64. The highest BCUT2D eigenvalue weighted by molar-refractivity contribution is 5.94. The third-order valence-corrected chi connectivity index (χ3v) is 7.41. The second-order valence-electron chi connectivity index (χ2n) is 11.0. The zero-order chi connectivity index (χ0) is 29.7. The summed E-state index contributed by atoms with van der Waals surface area (Å²) in [6.45, 7) is 8.43. The predicted octanol–water partition coefficient (Wildman–Crippen LogP) is 2.93. The lowest BCUT2D eigenvalue weighted by atomic mass is 10.0. The van der Waals surface area contributed by atoms with Gasteiger partial charge >= 0.3 is 0 Å². The van der Waals surface area contributed by atoms with Gasteiger partial charge in [-0.3, -0.25) is 19.2 Å². The molecule has 2 aromatic heterocycles. The molecule has 0 saturated heterocycles. The van der Waals surface area contributed by atoms with E-state index in [2.05, 4.69) is 34.2 Å². The van der Waals surface area contributed by atoms with Crippen LogP contribution in [0.5, 0.6) is 0 Å². The van der Waals surface area contributed by atoms with Crippen LogP contribution in [0.2, 0.25) is 0 Å². The molecule has 41 heavy (non-hydrogen) atoms. The van der Waals surface area contributed by atoms with Crippen molar-refractivity contribution in [3.05, 3.63) is 70.0 Å². The fourth-order valence-corrected chi connectivity index (χ4v) is 5.00. The summed E-state index contributed by atoms with van der Waals surface area (Å²) in [7, 11) is 1.61. The maximum absolute atomic E-state index is 13.7. The normalized spacial score (nSPS) is 19.1. The van der Waals surface area contributed by atoms with Crippen LogP contribution in [0, 0.1) is 12.8 Å². The van der Waals surface area contributed by atoms with E-state index in [9.17, 15) is 19.2 Å². The van der Waals surface area contributed by atoms with Crippen molar-refractivity contribution in [2.45, 2.75) is 65.6 Å². The topological polar surface area (TPSA) is 133 Å². The third-order valence-electron chi connectivity index (χ3n) is 7.41. The van der Waals surface area contributed by atoms with Gasteiger partial charge in [0.2, 0.25) is 11.8 Å². The zero-order valence-electron chi connectivity index (χ0n) is 24.4. The quantitative estimate of drug-likeness (QED) is 0.503. The number of nitrogens with zero attached hydrogens (tertiary/aromatic N) is 5. The van der Waals surface area contributed by atoms with E-state index in [1.54, 1.807) is 42.6 Å². The van der Waals surface area contributed by atoms with E-state index in [-0.39, 0.29) is 42.8 Å². The molecule has 0 radical (unpaired) electrons. The largest absolute Gasteiger partial charge is 0.344 e. The van der Waals surface area contributed by atoms with Crippen molar-refractivity contribution in [2.75, 3.05) is 20.1 Å². The van der Waals surface area contributed by atoms with Crippen LogP contribution in [0.3, 0.4) is 0 Å². The summed E-state index contributed by atoms with van der Waals surface area (Å²) < 4.78 is 1.73. The first-order valence-electron chi connectivity index (χ1n) is 14.1. The number of carbonyl (C=O) groups is 3. The summed E-state index contributed by atoms with van der Waals surface area (Å²) in [4.78, 5) is 63.3. The average Bonchev–Trinajstić information content (AvgIpc) is 3.33. The number of carbonyl (C=O) groups excluding carboxylic acids is 3. The Labute approximate surface area is 240 Å². The standard InChI is InChI=1S/C30H39N7O4/c1-19(2)18-25-27-31-21(4)34-37(27)17-16-36(15-9-12-26(38)35(5)20(3)28(39)33-25)30(41)23-13-14-24(32-29(23)40)22-10-7-6-8-11-22/h6-8,10-11,13-14,19-20,25H,9,12,15-18H2,1-5H3,(H,32,40)(H,33,39)/t20-,25+/m0/s1. The summed E-state index contributed by atoms with van der Waals surface area (Å²) >= 11 is 0. The summed E-state index contributed by atoms with van der Waals surface area (Å²) in [5.74, 6) is 0.534. The Kier molecular flexibility index (Phi) is 9.36. The molecule has 0 spiro atoms. The van der Waals surface area contributed by atoms with E-state index in [1.165, 1.54) is 4.90 Å². The van der Waals surface area contributed by atoms with Crippen molar-refractivity contribution in [2.24, 2.45) is 5.92 Å². The Balaban J connectivity index is 1.66. The van der Waals surface area contributed by atoms with Crippen LogP contribution in [0.15, 0.2) is 47.3 Å². The lowest BCUT2D eigenvalue weighted by Gasteiger charge is -2.29. The number of aromatic amines is 1. The van der Waals surface area contributed by atoms with Gasteiger partial charge in [0.25, 0.3) is 11.5 Å². The highest BCUT2D eigenvalue weighted by Crippen LogP contribution is 2.22. The Bertz CT molecular complexity index is 1450. The molecule has 0 unspecified atom stereocenters. The van der Waals surface area contributed by atoms with Gasteiger partial charge in [0.15, 0.2) is 0 Å². The summed E-state index contributed by atoms with van der Waals surface area (Å²) in [6, 6.07) is 11.6. The third kappa shape index (κ3) is 7.08. The molecule has 2 atom stereocenters. The monoisotopic (exact) mass is 561 g/mol. The number of hydrogen-bond donors (Lipinski definition) is 2. The van der Waals surface area contributed by atoms with Crippen LogP contribution in [0.4, 0.5) is 0 Å². The van der Waals surface area contributed by atoms with Gasteiger partial charge in [-0.2, -0.15) is 5.10 Å². The Morgan fingerprint density at radius 1 is 1.05 bits per heavy atom. The number of amides is 3. The number of aromatic nitrogens is 4. The first-order valence-corrected chi connectivity index (χ1v) is 14.1. The van der Waals surface area contributed by atoms with E-state index in [0.29, 0.717) is 36.7 Å². The molecule has 3 aromatic rings. The number of rotatable bonds is 4. The van der Waals surface area contributed by atoms with Gasteiger partial charge in [-0.05, 0) is 50.3 Å². The van der Waals surface area contributed by atoms with Crippen LogP contribution in [-0.2, 0) is 16.1 Å². The van der Waals surface area contributed by atoms with Gasteiger partial charge in [0.05, 0.1) is 12.6 Å². The van der Waals surface area contributed by atoms with Crippen molar-refractivity contribution in [1.29, 1.82) is 0 Å². The first kappa shape index (κ1) is 29.7. The highest BCUT2D eigenvalue weighted by atomic mass is 16.2. The second kappa shape index (κ2) is 12.9. The molecule has 3 amide bonds. The SMILES string of the molecule is Cc1nc2n(n1)CCN(C(=O)c1ccc(-c3ccccc3)[nH]c1=O)CCCC(=O)N(C)[C@@H](C)C(=O)N[C@@H]2CC(C)C. The molecule has 2 N–H and O–H groups in total. The van der Waals surface area contributed by atoms with Gasteiger partial charge in [-0.25, -0.2) is 9.67 Å². The molecule has 11 heteroatoms. The van der Waals surface area contributed by atoms with Crippen LogP contribution in [0.25, 0.3) is 11.3 Å². The number of benzene rings is 1. The van der Waals surface area contributed by atoms with Crippen LogP contribution in [0.1, 0.15) is 68.1 Å². The number of pyridine rings is 1. The van der Waals surface area contributed by atoms with Gasteiger partial charge in [0, 0.05) is 32.3 Å². The Morgan fingerprint density at radius 3 is 2.46 bits per heavy atom. The molecule has 0 aliphatic carbocycles. The zero-order valence-corrected chi connectivity index (χ0v) is 24.4. The number of aryl methyl sites for hydroxylation is 1. The van der Waals surface area contributed by atoms with Crippen molar-refractivity contribution < 1.29 is 14.4 Å². The van der Waals surface area contributed by atoms with Gasteiger partial charge in [0.1, 0.15) is 23.3 Å². The molecular weight excluding hydrogens is 522 g/mol. The Hall–Kier alpha value is -4.28. The number of hydrogen-bond acceptors (Lipinski definition) is 6. The minimum atomic E-state index is -0.683. The molecule has 0 saturated carbocycles. The first-order chi connectivity index (χ1) is 19.5. The molecule has 11 nitrogen and oxygen atoms in total. The molecule has 0 fully saturated rings. The van der Waals surface area contributed by atoms with Crippen molar-refractivity contribution in [3.8, 4) is 11.3 Å². The lowest BCUT2D eigenvalue weighted by molar-refractivity contribution is -0.138. The minimum absolute atomic E-state index is 0.0304. The smallest absolute Gasteiger partial charge is 0.261 e.